The molecule has 6 nitrogen and oxygen atoms in total. The summed E-state index contributed by atoms with van der Waals surface area (Å²) in [5, 5.41) is 2.88. The Hall–Kier alpha value is -1.66. The maximum atomic E-state index is 12.0. The lowest BCUT2D eigenvalue weighted by atomic mass is 10.0. The number of amides is 1. The van der Waals surface area contributed by atoms with Gasteiger partial charge >= 0.3 is 0 Å². The van der Waals surface area contributed by atoms with Crippen molar-refractivity contribution in [3.8, 4) is 0 Å². The summed E-state index contributed by atoms with van der Waals surface area (Å²) in [6, 6.07) is 3.75. The van der Waals surface area contributed by atoms with E-state index >= 15 is 0 Å². The molecule has 2 aliphatic rings. The predicted molar refractivity (Wildman–Crippen MR) is 87.5 cm³/mol. The van der Waals surface area contributed by atoms with Crippen molar-refractivity contribution in [3.05, 3.63) is 24.0 Å². The van der Waals surface area contributed by atoms with Gasteiger partial charge in [0.25, 0.3) is 5.91 Å². The van der Waals surface area contributed by atoms with E-state index in [1.165, 1.54) is 0 Å². The molecule has 0 saturated carbocycles. The Bertz CT molecular complexity index is 529. The van der Waals surface area contributed by atoms with E-state index in [0.29, 0.717) is 31.4 Å². The number of ether oxygens (including phenoxy) is 2. The third-order valence-corrected chi connectivity index (χ3v) is 4.36. The molecule has 0 atom stereocenters. The van der Waals surface area contributed by atoms with E-state index in [1.54, 1.807) is 12.3 Å². The SMILES string of the molecule is CC(C)CNC(=O)c1ccc(N2CCC3(CC2)OCCO3)cn1. The van der Waals surface area contributed by atoms with Crippen LogP contribution >= 0.6 is 0 Å². The minimum Gasteiger partial charge on any atom is -0.370 e. The molecule has 0 aliphatic carbocycles. The molecule has 126 valence electrons. The van der Waals surface area contributed by atoms with Gasteiger partial charge in [-0.3, -0.25) is 4.79 Å². The van der Waals surface area contributed by atoms with Crippen LogP contribution in [0.3, 0.4) is 0 Å². The van der Waals surface area contributed by atoms with Crippen molar-refractivity contribution in [1.29, 1.82) is 0 Å². The fraction of sp³-hybridized carbons (Fsp3) is 0.647. The van der Waals surface area contributed by atoms with E-state index in [-0.39, 0.29) is 11.7 Å². The molecule has 2 saturated heterocycles. The Balaban J connectivity index is 1.56. The van der Waals surface area contributed by atoms with Crippen LogP contribution in [0.5, 0.6) is 0 Å². The maximum absolute atomic E-state index is 12.0. The molecule has 0 unspecified atom stereocenters. The number of hydrogen-bond donors (Lipinski definition) is 1. The van der Waals surface area contributed by atoms with Crippen LogP contribution in [0, 0.1) is 5.92 Å². The largest absolute Gasteiger partial charge is 0.370 e. The van der Waals surface area contributed by atoms with Crippen LogP contribution < -0.4 is 10.2 Å². The normalized spacial score (nSPS) is 20.2. The molecule has 23 heavy (non-hydrogen) atoms. The van der Waals surface area contributed by atoms with Crippen LogP contribution in [-0.2, 0) is 9.47 Å². The molecular weight excluding hydrogens is 294 g/mol. The van der Waals surface area contributed by atoms with Gasteiger partial charge in [-0.05, 0) is 18.1 Å². The Labute approximate surface area is 137 Å². The summed E-state index contributed by atoms with van der Waals surface area (Å²) in [5.74, 6) is -0.0461. The third-order valence-electron chi connectivity index (χ3n) is 4.36. The molecule has 0 radical (unpaired) electrons. The number of hydrogen-bond acceptors (Lipinski definition) is 5. The quantitative estimate of drug-likeness (QED) is 0.917. The summed E-state index contributed by atoms with van der Waals surface area (Å²) >= 11 is 0. The van der Waals surface area contributed by atoms with Gasteiger partial charge in [0.15, 0.2) is 5.79 Å². The lowest BCUT2D eigenvalue weighted by Gasteiger charge is -2.38. The van der Waals surface area contributed by atoms with Crippen LogP contribution in [0.4, 0.5) is 5.69 Å². The Morgan fingerprint density at radius 3 is 2.57 bits per heavy atom. The lowest BCUT2D eigenvalue weighted by molar-refractivity contribution is -0.169. The van der Waals surface area contributed by atoms with Crippen LogP contribution in [-0.4, -0.2) is 49.5 Å². The maximum Gasteiger partial charge on any atom is 0.269 e. The number of carbonyl (C=O) groups is 1. The summed E-state index contributed by atoms with van der Waals surface area (Å²) in [4.78, 5) is 18.6. The van der Waals surface area contributed by atoms with E-state index in [2.05, 4.69) is 29.0 Å². The van der Waals surface area contributed by atoms with E-state index < -0.39 is 0 Å². The second-order valence-corrected chi connectivity index (χ2v) is 6.60. The van der Waals surface area contributed by atoms with Gasteiger partial charge in [0.1, 0.15) is 5.69 Å². The van der Waals surface area contributed by atoms with Gasteiger partial charge in [-0.25, -0.2) is 4.98 Å². The predicted octanol–water partition coefficient (Wildman–Crippen LogP) is 1.81. The smallest absolute Gasteiger partial charge is 0.269 e. The first-order valence-corrected chi connectivity index (χ1v) is 8.35. The highest BCUT2D eigenvalue weighted by molar-refractivity contribution is 5.92. The molecule has 1 amide bonds. The first-order chi connectivity index (χ1) is 11.1. The number of anilines is 1. The second kappa shape index (κ2) is 6.84. The van der Waals surface area contributed by atoms with Gasteiger partial charge in [-0.15, -0.1) is 0 Å². The van der Waals surface area contributed by atoms with E-state index in [0.717, 1.165) is 31.6 Å². The number of pyridine rings is 1. The molecular formula is C17H25N3O3. The average molecular weight is 319 g/mol. The zero-order chi connectivity index (χ0) is 16.3. The summed E-state index contributed by atoms with van der Waals surface area (Å²) in [6.45, 7) is 7.94. The highest BCUT2D eigenvalue weighted by atomic mass is 16.7. The Morgan fingerprint density at radius 2 is 2.00 bits per heavy atom. The molecule has 1 aromatic heterocycles. The first kappa shape index (κ1) is 16.2. The molecule has 0 aromatic carbocycles. The topological polar surface area (TPSA) is 63.7 Å². The van der Waals surface area contributed by atoms with E-state index in [9.17, 15) is 4.79 Å². The molecule has 0 bridgehead atoms. The minimum atomic E-state index is -0.361. The fourth-order valence-corrected chi connectivity index (χ4v) is 2.99. The summed E-state index contributed by atoms with van der Waals surface area (Å²) in [5.41, 5.74) is 1.50. The van der Waals surface area contributed by atoms with E-state index in [1.807, 2.05) is 6.07 Å². The molecule has 3 heterocycles. The van der Waals surface area contributed by atoms with Gasteiger partial charge < -0.3 is 19.7 Å². The lowest BCUT2D eigenvalue weighted by Crippen LogP contribution is -2.45. The third kappa shape index (κ3) is 3.82. The van der Waals surface area contributed by atoms with E-state index in [4.69, 9.17) is 9.47 Å². The highest BCUT2D eigenvalue weighted by Gasteiger charge is 2.39. The molecule has 2 aliphatic heterocycles. The summed E-state index contributed by atoms with van der Waals surface area (Å²) < 4.78 is 11.5. The number of nitrogens with zero attached hydrogens (tertiary/aromatic N) is 2. The second-order valence-electron chi connectivity index (χ2n) is 6.60. The highest BCUT2D eigenvalue weighted by Crippen LogP contribution is 2.32. The molecule has 6 heteroatoms. The molecule has 1 N–H and O–H groups in total. The van der Waals surface area contributed by atoms with Crippen LogP contribution in [0.25, 0.3) is 0 Å². The first-order valence-electron chi connectivity index (χ1n) is 8.35. The zero-order valence-electron chi connectivity index (χ0n) is 13.9. The number of carbonyl (C=O) groups excluding carboxylic acids is 1. The van der Waals surface area contributed by atoms with Gasteiger partial charge in [0, 0.05) is 32.5 Å². The minimum absolute atomic E-state index is 0.115. The van der Waals surface area contributed by atoms with Gasteiger partial charge in [-0.2, -0.15) is 0 Å². The van der Waals surface area contributed by atoms with Crippen LogP contribution in [0.1, 0.15) is 37.2 Å². The van der Waals surface area contributed by atoms with Crippen molar-refractivity contribution in [3.63, 3.8) is 0 Å². The van der Waals surface area contributed by atoms with Gasteiger partial charge in [0.2, 0.25) is 0 Å². The standard InChI is InChI=1S/C17H25N3O3/c1-13(2)11-19-16(21)15-4-3-14(12-18-15)20-7-5-17(6-8-20)22-9-10-23-17/h3-4,12-13H,5-11H2,1-2H3,(H,19,21). The van der Waals surface area contributed by atoms with Crippen LogP contribution in [0.2, 0.25) is 0 Å². The number of rotatable bonds is 4. The summed E-state index contributed by atoms with van der Waals surface area (Å²) in [7, 11) is 0. The number of aromatic nitrogens is 1. The zero-order valence-corrected chi connectivity index (χ0v) is 13.9. The van der Waals surface area contributed by atoms with Gasteiger partial charge in [0.05, 0.1) is 25.1 Å². The average Bonchev–Trinajstić information content (AvgIpc) is 3.02. The van der Waals surface area contributed by atoms with Crippen molar-refractivity contribution >= 4 is 11.6 Å². The van der Waals surface area contributed by atoms with Gasteiger partial charge in [-0.1, -0.05) is 13.8 Å². The van der Waals surface area contributed by atoms with Crippen LogP contribution in [0.15, 0.2) is 18.3 Å². The van der Waals surface area contributed by atoms with Crippen molar-refractivity contribution in [2.24, 2.45) is 5.92 Å². The Morgan fingerprint density at radius 1 is 1.30 bits per heavy atom. The fourth-order valence-electron chi connectivity index (χ4n) is 2.99. The van der Waals surface area contributed by atoms with Crippen molar-refractivity contribution in [2.45, 2.75) is 32.5 Å². The summed E-state index contributed by atoms with van der Waals surface area (Å²) in [6.07, 6.45) is 3.51. The Kier molecular flexibility index (Phi) is 4.82. The van der Waals surface area contributed by atoms with Crippen molar-refractivity contribution < 1.29 is 14.3 Å². The van der Waals surface area contributed by atoms with Crippen molar-refractivity contribution in [1.82, 2.24) is 10.3 Å². The monoisotopic (exact) mass is 319 g/mol. The molecule has 1 spiro atoms. The molecule has 2 fully saturated rings. The number of piperidine rings is 1. The number of nitrogens with one attached hydrogen (secondary N) is 1. The van der Waals surface area contributed by atoms with Crippen molar-refractivity contribution in [2.75, 3.05) is 37.7 Å². The molecule has 3 rings (SSSR count). The molecule has 1 aromatic rings.